The van der Waals surface area contributed by atoms with Crippen LogP contribution in [0.25, 0.3) is 0 Å². The lowest BCUT2D eigenvalue weighted by Crippen LogP contribution is -2.29. The Morgan fingerprint density at radius 2 is 1.50 bits per heavy atom. The summed E-state index contributed by atoms with van der Waals surface area (Å²) >= 11 is 0. The van der Waals surface area contributed by atoms with Crippen LogP contribution in [0.2, 0.25) is 0 Å². The molecule has 3 heteroatoms. The summed E-state index contributed by atoms with van der Waals surface area (Å²) in [7, 11) is 3.98. The minimum Gasteiger partial charge on any atom is -0.334 e. The van der Waals surface area contributed by atoms with Crippen molar-refractivity contribution >= 4 is 0 Å². The molecule has 2 aliphatic rings. The van der Waals surface area contributed by atoms with Crippen molar-refractivity contribution in [3.05, 3.63) is 0 Å². The molecule has 1 aliphatic carbocycles. The van der Waals surface area contributed by atoms with Crippen molar-refractivity contribution in [1.82, 2.24) is 4.90 Å². The van der Waals surface area contributed by atoms with E-state index in [1.807, 2.05) is 19.0 Å². The average molecular weight is 171 g/mol. The third-order valence-electron chi connectivity index (χ3n) is 2.65. The predicted octanol–water partition coefficient (Wildman–Crippen LogP) is 1.19. The van der Waals surface area contributed by atoms with Crippen molar-refractivity contribution in [3.63, 3.8) is 0 Å². The Morgan fingerprint density at radius 1 is 1.00 bits per heavy atom. The van der Waals surface area contributed by atoms with Gasteiger partial charge in [0.1, 0.15) is 0 Å². The van der Waals surface area contributed by atoms with Crippen LogP contribution in [0.5, 0.6) is 0 Å². The minimum absolute atomic E-state index is 0.0990. The Bertz CT molecular complexity index is 147. The molecule has 1 heterocycles. The minimum atomic E-state index is -0.0990. The fourth-order valence-corrected chi connectivity index (χ4v) is 1.95. The first kappa shape index (κ1) is 8.48. The molecule has 2 unspecified atom stereocenters. The van der Waals surface area contributed by atoms with Crippen molar-refractivity contribution in [2.45, 2.75) is 44.3 Å². The third kappa shape index (κ3) is 1.49. The van der Waals surface area contributed by atoms with Gasteiger partial charge in [0.05, 0.1) is 12.2 Å². The molecule has 2 atom stereocenters. The molecule has 0 N–H and O–H groups in total. The van der Waals surface area contributed by atoms with Crippen molar-refractivity contribution in [1.29, 1.82) is 0 Å². The van der Waals surface area contributed by atoms with Gasteiger partial charge in [-0.15, -0.1) is 0 Å². The summed E-state index contributed by atoms with van der Waals surface area (Å²) in [5.74, 6) is 0. The van der Waals surface area contributed by atoms with Crippen molar-refractivity contribution in [2.24, 2.45) is 0 Å². The SMILES string of the molecule is CN(C)C1OC2CCCCC2O1. The first-order chi connectivity index (χ1) is 5.77. The van der Waals surface area contributed by atoms with Crippen LogP contribution in [0.1, 0.15) is 25.7 Å². The molecule has 3 nitrogen and oxygen atoms in total. The van der Waals surface area contributed by atoms with Crippen molar-refractivity contribution in [3.8, 4) is 0 Å². The number of hydrogen-bond donors (Lipinski definition) is 0. The molecular weight excluding hydrogens is 154 g/mol. The number of ether oxygens (including phenoxy) is 2. The van der Waals surface area contributed by atoms with Crippen LogP contribution in [0, 0.1) is 0 Å². The number of nitrogens with zero attached hydrogens (tertiary/aromatic N) is 1. The van der Waals surface area contributed by atoms with Crippen LogP contribution in [0.3, 0.4) is 0 Å². The molecule has 1 aliphatic heterocycles. The van der Waals surface area contributed by atoms with E-state index in [9.17, 15) is 0 Å². The lowest BCUT2D eigenvalue weighted by molar-refractivity contribution is -0.149. The Balaban J connectivity index is 1.94. The Morgan fingerprint density at radius 3 is 1.92 bits per heavy atom. The summed E-state index contributed by atoms with van der Waals surface area (Å²) in [6.45, 7) is 0. The molecule has 0 radical (unpaired) electrons. The van der Waals surface area contributed by atoms with E-state index in [4.69, 9.17) is 9.47 Å². The largest absolute Gasteiger partial charge is 0.334 e. The quantitative estimate of drug-likeness (QED) is 0.591. The molecular formula is C9H17NO2. The number of fused-ring (bicyclic) bond motifs is 1. The van der Waals surface area contributed by atoms with Gasteiger partial charge in [0, 0.05) is 0 Å². The number of hydrogen-bond acceptors (Lipinski definition) is 3. The summed E-state index contributed by atoms with van der Waals surface area (Å²) in [5.41, 5.74) is 0. The summed E-state index contributed by atoms with van der Waals surface area (Å²) in [4.78, 5) is 1.98. The first-order valence-electron chi connectivity index (χ1n) is 4.75. The van der Waals surface area contributed by atoms with Gasteiger partial charge in [-0.05, 0) is 26.9 Å². The van der Waals surface area contributed by atoms with E-state index in [2.05, 4.69) is 0 Å². The van der Waals surface area contributed by atoms with Crippen LogP contribution in [-0.2, 0) is 9.47 Å². The molecule has 12 heavy (non-hydrogen) atoms. The lowest BCUT2D eigenvalue weighted by Gasteiger charge is -2.20. The summed E-state index contributed by atoms with van der Waals surface area (Å²) in [6.07, 6.45) is 5.58. The van der Waals surface area contributed by atoms with Gasteiger partial charge < -0.3 is 9.47 Å². The second kappa shape index (κ2) is 3.32. The predicted molar refractivity (Wildman–Crippen MR) is 45.7 cm³/mol. The monoisotopic (exact) mass is 171 g/mol. The van der Waals surface area contributed by atoms with Crippen molar-refractivity contribution in [2.75, 3.05) is 14.1 Å². The second-order valence-electron chi connectivity index (χ2n) is 3.90. The molecule has 1 saturated carbocycles. The molecule has 0 aromatic heterocycles. The fourth-order valence-electron chi connectivity index (χ4n) is 1.95. The molecule has 0 amide bonds. The van der Waals surface area contributed by atoms with Crippen LogP contribution in [0.15, 0.2) is 0 Å². The highest BCUT2D eigenvalue weighted by atomic mass is 16.8. The standard InChI is InChI=1S/C9H17NO2/c1-10(2)9-11-7-5-3-4-6-8(7)12-9/h7-9H,3-6H2,1-2H3. The normalized spacial score (nSPS) is 41.8. The maximum Gasteiger partial charge on any atom is 0.218 e. The Hall–Kier alpha value is -0.120. The molecule has 1 saturated heterocycles. The van der Waals surface area contributed by atoms with Gasteiger partial charge in [-0.3, -0.25) is 4.90 Å². The van der Waals surface area contributed by atoms with Crippen LogP contribution in [0.4, 0.5) is 0 Å². The van der Waals surface area contributed by atoms with E-state index in [-0.39, 0.29) is 6.41 Å². The van der Waals surface area contributed by atoms with Crippen LogP contribution >= 0.6 is 0 Å². The van der Waals surface area contributed by atoms with E-state index in [0.717, 1.165) is 0 Å². The maximum atomic E-state index is 5.73. The van der Waals surface area contributed by atoms with Crippen LogP contribution in [-0.4, -0.2) is 37.6 Å². The zero-order valence-electron chi connectivity index (χ0n) is 7.82. The van der Waals surface area contributed by atoms with E-state index in [1.54, 1.807) is 0 Å². The van der Waals surface area contributed by atoms with Gasteiger partial charge in [0.25, 0.3) is 0 Å². The highest BCUT2D eigenvalue weighted by molar-refractivity contribution is 4.80. The molecule has 0 aromatic rings. The van der Waals surface area contributed by atoms with Gasteiger partial charge in [-0.2, -0.15) is 0 Å². The van der Waals surface area contributed by atoms with Crippen LogP contribution < -0.4 is 0 Å². The van der Waals surface area contributed by atoms with E-state index in [1.165, 1.54) is 25.7 Å². The van der Waals surface area contributed by atoms with Gasteiger partial charge >= 0.3 is 0 Å². The Labute approximate surface area is 73.6 Å². The molecule has 2 fully saturated rings. The summed E-state index contributed by atoms with van der Waals surface area (Å²) in [6, 6.07) is 0. The average Bonchev–Trinajstić information content (AvgIpc) is 2.46. The Kier molecular flexibility index (Phi) is 2.35. The van der Waals surface area contributed by atoms with Gasteiger partial charge in [0.15, 0.2) is 0 Å². The topological polar surface area (TPSA) is 21.7 Å². The molecule has 70 valence electrons. The van der Waals surface area contributed by atoms with E-state index in [0.29, 0.717) is 12.2 Å². The fraction of sp³-hybridized carbons (Fsp3) is 1.00. The second-order valence-corrected chi connectivity index (χ2v) is 3.90. The zero-order chi connectivity index (χ0) is 8.55. The highest BCUT2D eigenvalue weighted by Crippen LogP contribution is 2.31. The lowest BCUT2D eigenvalue weighted by atomic mass is 9.95. The zero-order valence-corrected chi connectivity index (χ0v) is 7.82. The highest BCUT2D eigenvalue weighted by Gasteiger charge is 2.38. The van der Waals surface area contributed by atoms with Gasteiger partial charge in [0.2, 0.25) is 6.41 Å². The summed E-state index contributed by atoms with van der Waals surface area (Å²) in [5, 5.41) is 0. The molecule has 0 bridgehead atoms. The molecule has 2 rings (SSSR count). The number of rotatable bonds is 1. The summed E-state index contributed by atoms with van der Waals surface area (Å²) < 4.78 is 11.5. The van der Waals surface area contributed by atoms with E-state index >= 15 is 0 Å². The van der Waals surface area contributed by atoms with Gasteiger partial charge in [-0.1, -0.05) is 12.8 Å². The smallest absolute Gasteiger partial charge is 0.218 e. The maximum absolute atomic E-state index is 5.73. The van der Waals surface area contributed by atoms with Gasteiger partial charge in [-0.25, -0.2) is 0 Å². The van der Waals surface area contributed by atoms with Crippen molar-refractivity contribution < 1.29 is 9.47 Å². The third-order valence-corrected chi connectivity index (χ3v) is 2.65. The van der Waals surface area contributed by atoms with E-state index < -0.39 is 0 Å². The molecule has 0 aromatic carbocycles. The molecule has 0 spiro atoms. The first-order valence-corrected chi connectivity index (χ1v) is 4.75.